The van der Waals surface area contributed by atoms with E-state index in [0.29, 0.717) is 12.4 Å². The summed E-state index contributed by atoms with van der Waals surface area (Å²) in [5.41, 5.74) is 0.962. The average molecular weight is 337 g/mol. The summed E-state index contributed by atoms with van der Waals surface area (Å²) in [5.74, 6) is 2.16. The molecule has 1 aromatic heterocycles. The smallest absolute Gasteiger partial charge is 0.158 e. The second-order valence-electron chi connectivity index (χ2n) is 4.15. The molecule has 2 N–H and O–H groups in total. The van der Waals surface area contributed by atoms with E-state index < -0.39 is 0 Å². The number of hydrogen-bond acceptors (Lipinski definition) is 5. The zero-order valence-electron chi connectivity index (χ0n) is 11.5. The summed E-state index contributed by atoms with van der Waals surface area (Å²) in [5, 5.41) is 6.45. The molecule has 0 saturated heterocycles. The van der Waals surface area contributed by atoms with Crippen molar-refractivity contribution in [2.24, 2.45) is 0 Å². The van der Waals surface area contributed by atoms with Crippen molar-refractivity contribution in [3.63, 3.8) is 0 Å². The summed E-state index contributed by atoms with van der Waals surface area (Å²) in [4.78, 5) is 8.80. The van der Waals surface area contributed by atoms with Crippen molar-refractivity contribution >= 4 is 33.3 Å². The summed E-state index contributed by atoms with van der Waals surface area (Å²) in [6, 6.07) is 9.80. The van der Waals surface area contributed by atoms with Gasteiger partial charge in [-0.3, -0.25) is 0 Å². The van der Waals surface area contributed by atoms with Gasteiger partial charge in [-0.2, -0.15) is 0 Å². The van der Waals surface area contributed by atoms with Gasteiger partial charge in [0.15, 0.2) is 5.82 Å². The fraction of sp³-hybridized carbons (Fsp3) is 0.286. The predicted octanol–water partition coefficient (Wildman–Crippen LogP) is 3.56. The monoisotopic (exact) mass is 336 g/mol. The predicted molar refractivity (Wildman–Crippen MR) is 84.3 cm³/mol. The number of ether oxygens (including phenoxy) is 1. The van der Waals surface area contributed by atoms with Crippen molar-refractivity contribution < 1.29 is 4.74 Å². The van der Waals surface area contributed by atoms with Crippen LogP contribution < -0.4 is 10.6 Å². The minimum atomic E-state index is 0.381. The molecule has 106 valence electrons. The lowest BCUT2D eigenvalue weighted by Gasteiger charge is -2.10. The van der Waals surface area contributed by atoms with Gasteiger partial charge in [-0.25, -0.2) is 9.97 Å². The van der Waals surface area contributed by atoms with E-state index in [1.54, 1.807) is 7.11 Å². The molecule has 1 aromatic carbocycles. The van der Waals surface area contributed by atoms with Gasteiger partial charge in [0.25, 0.3) is 0 Å². The molecule has 0 radical (unpaired) electrons. The molecule has 0 aliphatic heterocycles. The van der Waals surface area contributed by atoms with Crippen LogP contribution in [0, 0.1) is 0 Å². The molecule has 0 aliphatic rings. The fourth-order valence-electron chi connectivity index (χ4n) is 1.74. The highest BCUT2D eigenvalue weighted by atomic mass is 79.9. The van der Waals surface area contributed by atoms with Crippen molar-refractivity contribution in [2.75, 3.05) is 24.3 Å². The minimum Gasteiger partial charge on any atom is -0.377 e. The first-order valence-electron chi connectivity index (χ1n) is 6.34. The van der Waals surface area contributed by atoms with E-state index in [2.05, 4.69) is 36.5 Å². The average Bonchev–Trinajstić information content (AvgIpc) is 2.39. The van der Waals surface area contributed by atoms with Crippen molar-refractivity contribution in [3.8, 4) is 0 Å². The number of aromatic nitrogens is 2. The lowest BCUT2D eigenvalue weighted by atomic mass is 10.3. The third kappa shape index (κ3) is 4.18. The van der Waals surface area contributed by atoms with Crippen molar-refractivity contribution in [1.29, 1.82) is 0 Å². The number of hydrogen-bond donors (Lipinski definition) is 2. The second kappa shape index (κ2) is 7.21. The normalized spacial score (nSPS) is 10.3. The van der Waals surface area contributed by atoms with Crippen LogP contribution in [0.25, 0.3) is 0 Å². The van der Waals surface area contributed by atoms with E-state index in [1.165, 1.54) is 0 Å². The Morgan fingerprint density at radius 1 is 1.20 bits per heavy atom. The number of rotatable bonds is 6. The first-order chi connectivity index (χ1) is 9.71. The van der Waals surface area contributed by atoms with E-state index >= 15 is 0 Å². The van der Waals surface area contributed by atoms with Crippen LogP contribution in [0.2, 0.25) is 0 Å². The summed E-state index contributed by atoms with van der Waals surface area (Å²) >= 11 is 3.45. The highest BCUT2D eigenvalue weighted by Gasteiger charge is 2.05. The SMILES string of the molecule is CCNc1cc(Nc2cccc(Br)c2)nc(COC)n1. The van der Waals surface area contributed by atoms with Crippen LogP contribution in [0.5, 0.6) is 0 Å². The Bertz CT molecular complexity index is 553. The highest BCUT2D eigenvalue weighted by Crippen LogP contribution is 2.21. The maximum Gasteiger partial charge on any atom is 0.158 e. The molecule has 0 bridgehead atoms. The van der Waals surface area contributed by atoms with E-state index in [0.717, 1.165) is 28.3 Å². The molecule has 0 unspecified atom stereocenters. The van der Waals surface area contributed by atoms with Gasteiger partial charge in [0.2, 0.25) is 0 Å². The van der Waals surface area contributed by atoms with Crippen molar-refractivity contribution in [3.05, 3.63) is 40.6 Å². The number of halogens is 1. The maximum absolute atomic E-state index is 5.10. The second-order valence-corrected chi connectivity index (χ2v) is 5.07. The zero-order valence-corrected chi connectivity index (χ0v) is 13.1. The Morgan fingerprint density at radius 3 is 2.70 bits per heavy atom. The molecular formula is C14H17BrN4O. The zero-order chi connectivity index (χ0) is 14.4. The topological polar surface area (TPSA) is 59.1 Å². The third-order valence-electron chi connectivity index (χ3n) is 2.50. The molecule has 0 fully saturated rings. The molecule has 5 nitrogen and oxygen atoms in total. The largest absolute Gasteiger partial charge is 0.377 e. The van der Waals surface area contributed by atoms with Gasteiger partial charge in [-0.1, -0.05) is 22.0 Å². The summed E-state index contributed by atoms with van der Waals surface area (Å²) < 4.78 is 6.11. The van der Waals surface area contributed by atoms with E-state index in [9.17, 15) is 0 Å². The maximum atomic E-state index is 5.10. The van der Waals surface area contributed by atoms with Crippen LogP contribution in [0.15, 0.2) is 34.8 Å². The van der Waals surface area contributed by atoms with Crippen LogP contribution in [0.4, 0.5) is 17.3 Å². The van der Waals surface area contributed by atoms with Crippen molar-refractivity contribution in [2.45, 2.75) is 13.5 Å². The Hall–Kier alpha value is -1.66. The number of methoxy groups -OCH3 is 1. The van der Waals surface area contributed by atoms with Gasteiger partial charge >= 0.3 is 0 Å². The van der Waals surface area contributed by atoms with Gasteiger partial charge < -0.3 is 15.4 Å². The van der Waals surface area contributed by atoms with Gasteiger partial charge in [0.1, 0.15) is 18.2 Å². The third-order valence-corrected chi connectivity index (χ3v) is 2.99. The Balaban J connectivity index is 2.25. The van der Waals surface area contributed by atoms with Crippen LogP contribution in [-0.4, -0.2) is 23.6 Å². The highest BCUT2D eigenvalue weighted by molar-refractivity contribution is 9.10. The molecule has 2 aromatic rings. The fourth-order valence-corrected chi connectivity index (χ4v) is 2.14. The molecule has 0 spiro atoms. The molecule has 2 rings (SSSR count). The molecule has 1 heterocycles. The lowest BCUT2D eigenvalue weighted by molar-refractivity contribution is 0.178. The molecule has 6 heteroatoms. The molecule has 20 heavy (non-hydrogen) atoms. The standard InChI is InChI=1S/C14H17BrN4O/c1-3-16-12-8-13(19-14(18-12)9-20-2)17-11-6-4-5-10(15)7-11/h4-8H,3,9H2,1-2H3,(H2,16,17,18,19). The Labute approximate surface area is 126 Å². The van der Waals surface area contributed by atoms with Gasteiger partial charge in [0.05, 0.1) is 0 Å². The van der Waals surface area contributed by atoms with Crippen LogP contribution >= 0.6 is 15.9 Å². The molecule has 0 aliphatic carbocycles. The van der Waals surface area contributed by atoms with Crippen molar-refractivity contribution in [1.82, 2.24) is 9.97 Å². The molecule has 0 atom stereocenters. The van der Waals surface area contributed by atoms with E-state index in [1.807, 2.05) is 37.3 Å². The lowest BCUT2D eigenvalue weighted by Crippen LogP contribution is -2.06. The van der Waals surface area contributed by atoms with Gasteiger partial charge in [-0.05, 0) is 25.1 Å². The van der Waals surface area contributed by atoms with E-state index in [-0.39, 0.29) is 0 Å². The van der Waals surface area contributed by atoms with Gasteiger partial charge in [-0.15, -0.1) is 0 Å². The van der Waals surface area contributed by atoms with Gasteiger partial charge in [0, 0.05) is 29.9 Å². The molecule has 0 amide bonds. The first-order valence-corrected chi connectivity index (χ1v) is 7.14. The minimum absolute atomic E-state index is 0.381. The Kier molecular flexibility index (Phi) is 5.31. The number of benzene rings is 1. The number of anilines is 3. The summed E-state index contributed by atoms with van der Waals surface area (Å²) in [6.07, 6.45) is 0. The summed E-state index contributed by atoms with van der Waals surface area (Å²) in [7, 11) is 1.63. The Morgan fingerprint density at radius 2 is 2.00 bits per heavy atom. The quantitative estimate of drug-likeness (QED) is 0.844. The number of nitrogens with one attached hydrogen (secondary N) is 2. The van der Waals surface area contributed by atoms with Crippen LogP contribution in [0.3, 0.4) is 0 Å². The van der Waals surface area contributed by atoms with E-state index in [4.69, 9.17) is 4.74 Å². The first kappa shape index (κ1) is 14.7. The van der Waals surface area contributed by atoms with Crippen LogP contribution in [-0.2, 0) is 11.3 Å². The van der Waals surface area contributed by atoms with Crippen LogP contribution in [0.1, 0.15) is 12.7 Å². The molecule has 0 saturated carbocycles. The number of nitrogens with zero attached hydrogens (tertiary/aromatic N) is 2. The summed E-state index contributed by atoms with van der Waals surface area (Å²) in [6.45, 7) is 3.21. The molecular weight excluding hydrogens is 320 g/mol.